The van der Waals surface area contributed by atoms with Gasteiger partial charge in [0.05, 0.1) is 19.8 Å². The number of unbranched alkanes of at least 4 members (excludes halogenated alkanes) is 41. The minimum absolute atomic E-state index is 0.104. The lowest BCUT2D eigenvalue weighted by Gasteiger charge is -2.39. The normalized spacial score (nSPS) is 19.2. The largest absolute Gasteiger partial charge is 0.457 e. The first-order chi connectivity index (χ1) is 32.4. The molecule has 1 rings (SSSR count). The van der Waals surface area contributed by atoms with Crippen LogP contribution in [0.5, 0.6) is 0 Å². The molecule has 1 fully saturated rings. The molecule has 9 nitrogen and oxygen atoms in total. The van der Waals surface area contributed by atoms with Crippen molar-refractivity contribution in [3.05, 3.63) is 0 Å². The maximum atomic E-state index is 12.9. The highest BCUT2D eigenvalue weighted by Gasteiger charge is 2.44. The van der Waals surface area contributed by atoms with E-state index in [1.807, 2.05) is 0 Å². The summed E-state index contributed by atoms with van der Waals surface area (Å²) in [5, 5.41) is 40.3. The molecular weight excluding hydrogens is 829 g/mol. The zero-order valence-corrected chi connectivity index (χ0v) is 43.7. The van der Waals surface area contributed by atoms with E-state index in [4.69, 9.17) is 18.9 Å². The molecule has 394 valence electrons. The maximum Gasteiger partial charge on any atom is 0.306 e. The Morgan fingerprint density at radius 3 is 1.08 bits per heavy atom. The number of hydrogen-bond acceptors (Lipinski definition) is 9. The molecule has 6 atom stereocenters. The fourth-order valence-electron chi connectivity index (χ4n) is 9.50. The fraction of sp³-hybridized carbons (Fsp3) is 0.982. The Morgan fingerprint density at radius 2 is 0.742 bits per heavy atom. The van der Waals surface area contributed by atoms with Gasteiger partial charge in [0.2, 0.25) is 0 Å². The Kier molecular flexibility index (Phi) is 47.1. The van der Waals surface area contributed by atoms with Crippen molar-refractivity contribution in [3.8, 4) is 0 Å². The van der Waals surface area contributed by atoms with Gasteiger partial charge in [0.15, 0.2) is 6.29 Å². The van der Waals surface area contributed by atoms with Crippen LogP contribution in [0.3, 0.4) is 0 Å². The summed E-state index contributed by atoms with van der Waals surface area (Å²) < 4.78 is 23.0. The number of carbonyl (C=O) groups excluding carboxylic acids is 1. The molecular formula is C57H112O9. The zero-order chi connectivity index (χ0) is 47.8. The van der Waals surface area contributed by atoms with E-state index in [9.17, 15) is 25.2 Å². The molecule has 0 spiro atoms. The van der Waals surface area contributed by atoms with Crippen molar-refractivity contribution in [2.45, 2.75) is 333 Å². The molecule has 1 aliphatic heterocycles. The molecule has 0 aliphatic carbocycles. The molecule has 0 bridgehead atoms. The van der Waals surface area contributed by atoms with Crippen LogP contribution in [0.4, 0.5) is 0 Å². The summed E-state index contributed by atoms with van der Waals surface area (Å²) in [7, 11) is 0. The quantitative estimate of drug-likeness (QED) is 0.0347. The predicted molar refractivity (Wildman–Crippen MR) is 275 cm³/mol. The van der Waals surface area contributed by atoms with Gasteiger partial charge in [0.25, 0.3) is 0 Å². The SMILES string of the molecule is CCCCCCCCCCCCCCCCCCCCCCCCCCCCOCC(COC1OC(CO)C(O)C(O)C1O)OC(=O)CCCCCCCCCCCCCCCCCCC. The Balaban J connectivity index is 2.10. The van der Waals surface area contributed by atoms with E-state index >= 15 is 0 Å². The number of ether oxygens (including phenoxy) is 4. The van der Waals surface area contributed by atoms with Crippen LogP contribution < -0.4 is 0 Å². The third-order valence-corrected chi connectivity index (χ3v) is 14.0. The van der Waals surface area contributed by atoms with Crippen LogP contribution in [-0.2, 0) is 23.7 Å². The minimum atomic E-state index is -1.53. The molecule has 0 aromatic rings. The van der Waals surface area contributed by atoms with Crippen LogP contribution >= 0.6 is 0 Å². The van der Waals surface area contributed by atoms with Crippen LogP contribution in [0.15, 0.2) is 0 Å². The molecule has 1 heterocycles. The number of rotatable bonds is 52. The van der Waals surface area contributed by atoms with Crippen molar-refractivity contribution >= 4 is 5.97 Å². The second kappa shape index (κ2) is 49.2. The number of aliphatic hydroxyl groups excluding tert-OH is 4. The van der Waals surface area contributed by atoms with Crippen molar-refractivity contribution in [2.75, 3.05) is 26.4 Å². The Labute approximate surface area is 408 Å². The third-order valence-electron chi connectivity index (χ3n) is 14.0. The van der Waals surface area contributed by atoms with Crippen LogP contribution in [0.2, 0.25) is 0 Å². The maximum absolute atomic E-state index is 12.9. The number of hydrogen-bond donors (Lipinski definition) is 4. The monoisotopic (exact) mass is 941 g/mol. The molecule has 9 heteroatoms. The van der Waals surface area contributed by atoms with Gasteiger partial charge >= 0.3 is 5.97 Å². The van der Waals surface area contributed by atoms with E-state index in [1.54, 1.807) is 0 Å². The van der Waals surface area contributed by atoms with E-state index in [0.717, 1.165) is 32.1 Å². The summed E-state index contributed by atoms with van der Waals surface area (Å²) in [4.78, 5) is 12.9. The average Bonchev–Trinajstić information content (AvgIpc) is 3.32. The lowest BCUT2D eigenvalue weighted by molar-refractivity contribution is -0.305. The number of aliphatic hydroxyl groups is 4. The van der Waals surface area contributed by atoms with Gasteiger partial charge in [0, 0.05) is 13.0 Å². The third kappa shape index (κ3) is 39.0. The van der Waals surface area contributed by atoms with Crippen LogP contribution in [0, 0.1) is 0 Å². The molecule has 1 aliphatic rings. The van der Waals surface area contributed by atoms with Crippen LogP contribution in [-0.4, -0.2) is 89.6 Å². The summed E-state index contributed by atoms with van der Waals surface area (Å²) in [6.45, 7) is 4.64. The summed E-state index contributed by atoms with van der Waals surface area (Å²) in [5.74, 6) is -0.304. The molecule has 6 unspecified atom stereocenters. The number of esters is 1. The first kappa shape index (κ1) is 63.2. The van der Waals surface area contributed by atoms with E-state index < -0.39 is 43.4 Å². The lowest BCUT2D eigenvalue weighted by Crippen LogP contribution is -2.59. The average molecular weight is 942 g/mol. The summed E-state index contributed by atoms with van der Waals surface area (Å²) >= 11 is 0. The van der Waals surface area contributed by atoms with Crippen molar-refractivity contribution in [2.24, 2.45) is 0 Å². The molecule has 1 saturated heterocycles. The zero-order valence-electron chi connectivity index (χ0n) is 43.7. The standard InChI is InChI=1S/C57H112O9/c1-3-5-7-9-11-13-15-17-19-21-22-23-24-25-26-27-28-29-31-33-35-37-39-41-43-45-47-63-49-51(50-64-57-56(62)55(61)54(60)52(48-58)66-57)65-53(59)46-44-42-40-38-36-34-32-30-20-18-16-14-12-10-8-6-4-2/h51-52,54-58,60-62H,3-50H2,1-2H3. The summed E-state index contributed by atoms with van der Waals surface area (Å²) in [6.07, 6.45) is 50.2. The molecule has 0 amide bonds. The van der Waals surface area contributed by atoms with Gasteiger partial charge < -0.3 is 39.4 Å². The van der Waals surface area contributed by atoms with E-state index in [1.165, 1.54) is 244 Å². The summed E-state index contributed by atoms with van der Waals surface area (Å²) in [5.41, 5.74) is 0. The van der Waals surface area contributed by atoms with E-state index in [0.29, 0.717) is 13.0 Å². The van der Waals surface area contributed by atoms with Crippen molar-refractivity contribution in [3.63, 3.8) is 0 Å². The van der Waals surface area contributed by atoms with Gasteiger partial charge in [-0.2, -0.15) is 0 Å². The number of carbonyl (C=O) groups is 1. The van der Waals surface area contributed by atoms with Crippen molar-refractivity contribution in [1.29, 1.82) is 0 Å². The lowest BCUT2D eigenvalue weighted by atomic mass is 9.99. The van der Waals surface area contributed by atoms with Gasteiger partial charge in [-0.05, 0) is 12.8 Å². The first-order valence-corrected chi connectivity index (χ1v) is 29.1. The van der Waals surface area contributed by atoms with E-state index in [2.05, 4.69) is 13.8 Å². The van der Waals surface area contributed by atoms with Gasteiger partial charge in [0.1, 0.15) is 30.5 Å². The second-order valence-corrected chi connectivity index (χ2v) is 20.5. The van der Waals surface area contributed by atoms with Crippen LogP contribution in [0.25, 0.3) is 0 Å². The topological polar surface area (TPSA) is 135 Å². The highest BCUT2D eigenvalue weighted by atomic mass is 16.7. The van der Waals surface area contributed by atoms with E-state index in [-0.39, 0.29) is 19.2 Å². The molecule has 0 aromatic heterocycles. The van der Waals surface area contributed by atoms with Gasteiger partial charge in [-0.1, -0.05) is 277 Å². The smallest absolute Gasteiger partial charge is 0.306 e. The van der Waals surface area contributed by atoms with Gasteiger partial charge in [-0.25, -0.2) is 0 Å². The minimum Gasteiger partial charge on any atom is -0.457 e. The highest BCUT2D eigenvalue weighted by Crippen LogP contribution is 2.23. The van der Waals surface area contributed by atoms with Gasteiger partial charge in [-0.3, -0.25) is 4.79 Å². The second-order valence-electron chi connectivity index (χ2n) is 20.5. The van der Waals surface area contributed by atoms with Crippen molar-refractivity contribution in [1.82, 2.24) is 0 Å². The summed E-state index contributed by atoms with van der Waals surface area (Å²) in [6, 6.07) is 0. The van der Waals surface area contributed by atoms with Gasteiger partial charge in [-0.15, -0.1) is 0 Å². The van der Waals surface area contributed by atoms with Crippen molar-refractivity contribution < 1.29 is 44.2 Å². The Hall–Kier alpha value is -0.810. The molecule has 66 heavy (non-hydrogen) atoms. The molecule has 4 N–H and O–H groups in total. The fourth-order valence-corrected chi connectivity index (χ4v) is 9.50. The molecule has 0 radical (unpaired) electrons. The highest BCUT2D eigenvalue weighted by molar-refractivity contribution is 5.69. The Morgan fingerprint density at radius 1 is 0.424 bits per heavy atom. The Bertz CT molecular complexity index is 982. The van der Waals surface area contributed by atoms with Crippen LogP contribution in [0.1, 0.15) is 296 Å². The molecule has 0 aromatic carbocycles. The predicted octanol–water partition coefficient (Wildman–Crippen LogP) is 14.9. The first-order valence-electron chi connectivity index (χ1n) is 29.1. The molecule has 0 saturated carbocycles.